The molecule has 1 aliphatic rings. The Morgan fingerprint density at radius 2 is 2.38 bits per heavy atom. The van der Waals surface area contributed by atoms with Crippen molar-refractivity contribution in [1.82, 2.24) is 5.06 Å². The predicted octanol–water partition coefficient (Wildman–Crippen LogP) is -0.465. The normalized spacial score (nSPS) is 29.4. The molecule has 0 aliphatic carbocycles. The SMILES string of the molecule is O=C(O)[C@@H]1CCN1O. The summed E-state index contributed by atoms with van der Waals surface area (Å²) in [6.45, 7) is 0.483. The van der Waals surface area contributed by atoms with Crippen LogP contribution in [-0.4, -0.2) is 33.9 Å². The molecule has 0 bridgehead atoms. The van der Waals surface area contributed by atoms with Crippen LogP contribution in [0.5, 0.6) is 0 Å². The van der Waals surface area contributed by atoms with Gasteiger partial charge in [-0.1, -0.05) is 0 Å². The van der Waals surface area contributed by atoms with Gasteiger partial charge in [0.05, 0.1) is 0 Å². The third-order valence-corrected chi connectivity index (χ3v) is 1.28. The third-order valence-electron chi connectivity index (χ3n) is 1.28. The van der Waals surface area contributed by atoms with Crippen LogP contribution >= 0.6 is 0 Å². The molecule has 0 unspecified atom stereocenters. The first-order valence-electron chi connectivity index (χ1n) is 2.40. The molecule has 0 saturated carbocycles. The van der Waals surface area contributed by atoms with Crippen molar-refractivity contribution >= 4 is 5.97 Å². The Morgan fingerprint density at radius 1 is 1.75 bits per heavy atom. The number of carboxylic acids is 1. The maximum absolute atomic E-state index is 9.99. The molecule has 1 saturated heterocycles. The first-order valence-corrected chi connectivity index (χ1v) is 2.40. The third kappa shape index (κ3) is 0.677. The van der Waals surface area contributed by atoms with Gasteiger partial charge in [0.25, 0.3) is 0 Å². The highest BCUT2D eigenvalue weighted by molar-refractivity contribution is 5.74. The Balaban J connectivity index is 2.37. The largest absolute Gasteiger partial charge is 0.480 e. The first kappa shape index (κ1) is 5.53. The van der Waals surface area contributed by atoms with Gasteiger partial charge in [-0.05, 0) is 6.42 Å². The number of aliphatic carboxylic acids is 1. The molecule has 0 spiro atoms. The topological polar surface area (TPSA) is 60.8 Å². The summed E-state index contributed by atoms with van der Waals surface area (Å²) in [5.41, 5.74) is 0. The van der Waals surface area contributed by atoms with E-state index in [1.165, 1.54) is 0 Å². The van der Waals surface area contributed by atoms with Crippen molar-refractivity contribution in [3.63, 3.8) is 0 Å². The van der Waals surface area contributed by atoms with E-state index in [1.54, 1.807) is 0 Å². The van der Waals surface area contributed by atoms with E-state index in [-0.39, 0.29) is 0 Å². The smallest absolute Gasteiger partial charge is 0.323 e. The molecule has 2 N–H and O–H groups in total. The minimum absolute atomic E-state index is 0.483. The van der Waals surface area contributed by atoms with Crippen molar-refractivity contribution in [1.29, 1.82) is 0 Å². The lowest BCUT2D eigenvalue weighted by molar-refractivity contribution is -0.199. The van der Waals surface area contributed by atoms with Crippen molar-refractivity contribution in [2.75, 3.05) is 6.54 Å². The van der Waals surface area contributed by atoms with Gasteiger partial charge in [0.1, 0.15) is 6.04 Å². The zero-order valence-corrected chi connectivity index (χ0v) is 4.24. The van der Waals surface area contributed by atoms with Crippen LogP contribution in [0.1, 0.15) is 6.42 Å². The van der Waals surface area contributed by atoms with Crippen LogP contribution in [-0.2, 0) is 4.79 Å². The zero-order chi connectivity index (χ0) is 6.15. The number of hydrogen-bond acceptors (Lipinski definition) is 3. The Morgan fingerprint density at radius 3 is 2.38 bits per heavy atom. The van der Waals surface area contributed by atoms with Gasteiger partial charge in [0.2, 0.25) is 0 Å². The molecule has 0 radical (unpaired) electrons. The molecule has 0 aromatic carbocycles. The number of hydroxylamine groups is 2. The summed E-state index contributed by atoms with van der Waals surface area (Å²) in [6, 6.07) is -0.644. The summed E-state index contributed by atoms with van der Waals surface area (Å²) >= 11 is 0. The standard InChI is InChI=1S/C4H7NO3/c6-4(7)3-1-2-5(3)8/h3,8H,1-2H2,(H,6,7)/t3-/m0/s1. The van der Waals surface area contributed by atoms with Crippen molar-refractivity contribution in [3.8, 4) is 0 Å². The van der Waals surface area contributed by atoms with Crippen molar-refractivity contribution in [2.24, 2.45) is 0 Å². The van der Waals surface area contributed by atoms with Gasteiger partial charge in [-0.3, -0.25) is 4.79 Å². The number of carbonyl (C=O) groups is 1. The lowest BCUT2D eigenvalue weighted by Gasteiger charge is -2.31. The average Bonchev–Trinajstić information content (AvgIpc) is 1.61. The molecular weight excluding hydrogens is 110 g/mol. The van der Waals surface area contributed by atoms with Crippen molar-refractivity contribution < 1.29 is 15.1 Å². The molecule has 4 heteroatoms. The maximum Gasteiger partial charge on any atom is 0.323 e. The van der Waals surface area contributed by atoms with Gasteiger partial charge < -0.3 is 10.3 Å². The summed E-state index contributed by atoms with van der Waals surface area (Å²) in [7, 11) is 0. The highest BCUT2D eigenvalue weighted by atomic mass is 16.5. The molecule has 8 heavy (non-hydrogen) atoms. The van der Waals surface area contributed by atoms with E-state index in [2.05, 4.69) is 0 Å². The molecule has 1 atom stereocenters. The zero-order valence-electron chi connectivity index (χ0n) is 4.24. The van der Waals surface area contributed by atoms with Gasteiger partial charge in [-0.2, -0.15) is 5.06 Å². The lowest BCUT2D eigenvalue weighted by atomic mass is 10.1. The first-order chi connectivity index (χ1) is 3.72. The highest BCUT2D eigenvalue weighted by Gasteiger charge is 2.32. The molecule has 0 aromatic heterocycles. The van der Waals surface area contributed by atoms with Crippen LogP contribution in [0.2, 0.25) is 0 Å². The summed E-state index contributed by atoms with van der Waals surface area (Å²) < 4.78 is 0. The van der Waals surface area contributed by atoms with E-state index in [0.29, 0.717) is 13.0 Å². The summed E-state index contributed by atoms with van der Waals surface area (Å²) in [5, 5.41) is 17.6. The van der Waals surface area contributed by atoms with Crippen LogP contribution in [0.25, 0.3) is 0 Å². The Labute approximate surface area is 46.3 Å². The molecule has 0 amide bonds. The molecule has 1 rings (SSSR count). The fourth-order valence-electron chi connectivity index (χ4n) is 0.625. The van der Waals surface area contributed by atoms with Gasteiger partial charge >= 0.3 is 5.97 Å². The van der Waals surface area contributed by atoms with Crippen molar-refractivity contribution in [3.05, 3.63) is 0 Å². The minimum atomic E-state index is -0.946. The van der Waals surface area contributed by atoms with Gasteiger partial charge in [-0.15, -0.1) is 0 Å². The number of nitrogens with zero attached hydrogens (tertiary/aromatic N) is 1. The molecule has 0 aromatic rings. The van der Waals surface area contributed by atoms with Crippen molar-refractivity contribution in [2.45, 2.75) is 12.5 Å². The fourth-order valence-corrected chi connectivity index (χ4v) is 0.625. The lowest BCUT2D eigenvalue weighted by Crippen LogP contribution is -2.50. The summed E-state index contributed by atoms with van der Waals surface area (Å²) in [5.74, 6) is -0.946. The predicted molar refractivity (Wildman–Crippen MR) is 24.5 cm³/mol. The van der Waals surface area contributed by atoms with E-state index in [9.17, 15) is 4.79 Å². The number of carboxylic acid groups (broad SMARTS) is 1. The second kappa shape index (κ2) is 1.72. The molecule has 1 fully saturated rings. The van der Waals surface area contributed by atoms with Gasteiger partial charge in [0, 0.05) is 6.54 Å². The van der Waals surface area contributed by atoms with Gasteiger partial charge in [0.15, 0.2) is 0 Å². The van der Waals surface area contributed by atoms with Crippen LogP contribution in [0.15, 0.2) is 0 Å². The fraction of sp³-hybridized carbons (Fsp3) is 0.750. The van der Waals surface area contributed by atoms with E-state index >= 15 is 0 Å². The Hall–Kier alpha value is -0.610. The van der Waals surface area contributed by atoms with Crippen LogP contribution < -0.4 is 0 Å². The van der Waals surface area contributed by atoms with E-state index in [0.717, 1.165) is 5.06 Å². The van der Waals surface area contributed by atoms with Crippen LogP contribution in [0.3, 0.4) is 0 Å². The van der Waals surface area contributed by atoms with E-state index < -0.39 is 12.0 Å². The second-order valence-corrected chi connectivity index (χ2v) is 1.81. The Kier molecular flexibility index (Phi) is 1.19. The van der Waals surface area contributed by atoms with Gasteiger partial charge in [-0.25, -0.2) is 0 Å². The molecule has 4 nitrogen and oxygen atoms in total. The average molecular weight is 117 g/mol. The number of hydrogen-bond donors (Lipinski definition) is 2. The maximum atomic E-state index is 9.99. The highest BCUT2D eigenvalue weighted by Crippen LogP contribution is 2.12. The van der Waals surface area contributed by atoms with Crippen LogP contribution in [0.4, 0.5) is 0 Å². The van der Waals surface area contributed by atoms with E-state index in [4.69, 9.17) is 10.3 Å². The minimum Gasteiger partial charge on any atom is -0.480 e. The summed E-state index contributed by atoms with van der Waals surface area (Å²) in [6.07, 6.45) is 0.561. The van der Waals surface area contributed by atoms with Crippen LogP contribution in [0, 0.1) is 0 Å². The monoisotopic (exact) mass is 117 g/mol. The molecule has 1 heterocycles. The summed E-state index contributed by atoms with van der Waals surface area (Å²) in [4.78, 5) is 9.99. The molecule has 1 aliphatic heterocycles. The Bertz CT molecular complexity index is 114. The number of rotatable bonds is 1. The molecule has 46 valence electrons. The van der Waals surface area contributed by atoms with E-state index in [1.807, 2.05) is 0 Å². The second-order valence-electron chi connectivity index (χ2n) is 1.81. The molecular formula is C4H7NO3. The quantitative estimate of drug-likeness (QED) is 0.487.